The first-order chi connectivity index (χ1) is 6.47. The molecule has 1 atom stereocenters. The molecule has 0 spiro atoms. The predicted octanol–water partition coefficient (Wildman–Crippen LogP) is -0.679. The Morgan fingerprint density at radius 3 is 2.67 bits per heavy atom. The van der Waals surface area contributed by atoms with Crippen molar-refractivity contribution < 1.29 is 13.2 Å². The highest BCUT2D eigenvalue weighted by atomic mass is 35.5. The minimum absolute atomic E-state index is 0. The molecule has 1 amide bonds. The van der Waals surface area contributed by atoms with Crippen molar-refractivity contribution in [1.82, 2.24) is 10.6 Å². The van der Waals surface area contributed by atoms with E-state index >= 15 is 0 Å². The van der Waals surface area contributed by atoms with Gasteiger partial charge in [-0.05, 0) is 13.0 Å². The van der Waals surface area contributed by atoms with Crippen LogP contribution in [0.3, 0.4) is 0 Å². The van der Waals surface area contributed by atoms with Crippen LogP contribution in [-0.2, 0) is 14.6 Å². The topological polar surface area (TPSA) is 75.3 Å². The molecule has 1 aliphatic heterocycles. The van der Waals surface area contributed by atoms with Crippen LogP contribution in [0.25, 0.3) is 0 Å². The average Bonchev–Trinajstić information content (AvgIpc) is 2.52. The van der Waals surface area contributed by atoms with Gasteiger partial charge in [0.05, 0.1) is 5.75 Å². The number of halogens is 1. The Balaban J connectivity index is 0.00000196. The lowest BCUT2D eigenvalue weighted by atomic mass is 10.2. The Morgan fingerprint density at radius 2 is 2.20 bits per heavy atom. The number of nitrogens with one attached hydrogen (secondary N) is 2. The van der Waals surface area contributed by atoms with Crippen molar-refractivity contribution in [3.05, 3.63) is 0 Å². The van der Waals surface area contributed by atoms with Crippen LogP contribution in [0, 0.1) is 0 Å². The first kappa shape index (κ1) is 14.7. The van der Waals surface area contributed by atoms with Crippen LogP contribution in [0.4, 0.5) is 0 Å². The molecule has 90 valence electrons. The van der Waals surface area contributed by atoms with Crippen molar-refractivity contribution in [1.29, 1.82) is 0 Å². The lowest BCUT2D eigenvalue weighted by molar-refractivity contribution is -0.121. The summed E-state index contributed by atoms with van der Waals surface area (Å²) in [6.07, 6.45) is 2.12. The van der Waals surface area contributed by atoms with Gasteiger partial charge < -0.3 is 10.6 Å². The fraction of sp³-hybridized carbons (Fsp3) is 0.875. The van der Waals surface area contributed by atoms with Gasteiger partial charge in [0.25, 0.3) is 0 Å². The zero-order valence-electron chi connectivity index (χ0n) is 8.65. The largest absolute Gasteiger partial charge is 0.352 e. The molecule has 0 aromatic carbocycles. The fourth-order valence-electron chi connectivity index (χ4n) is 1.36. The third-order valence-corrected chi connectivity index (χ3v) is 3.07. The van der Waals surface area contributed by atoms with Crippen molar-refractivity contribution in [2.24, 2.45) is 0 Å². The van der Waals surface area contributed by atoms with Crippen LogP contribution in [-0.4, -0.2) is 45.5 Å². The highest BCUT2D eigenvalue weighted by molar-refractivity contribution is 7.90. The molecule has 0 aliphatic carbocycles. The van der Waals surface area contributed by atoms with Gasteiger partial charge in [-0.3, -0.25) is 4.79 Å². The summed E-state index contributed by atoms with van der Waals surface area (Å²) < 4.78 is 21.6. The standard InChI is InChI=1S/C8H16N2O3S.ClH/c1-14(12,13)5-3-8(11)10-7-2-4-9-6-7;/h7,9H,2-6H2,1H3,(H,10,11);1H/t7-;/m0./s1. The van der Waals surface area contributed by atoms with E-state index in [1.807, 2.05) is 0 Å². The van der Waals surface area contributed by atoms with Crippen LogP contribution in [0.5, 0.6) is 0 Å². The molecular formula is C8H17ClN2O3S. The van der Waals surface area contributed by atoms with Gasteiger partial charge in [-0.1, -0.05) is 0 Å². The number of carbonyl (C=O) groups is 1. The molecule has 1 heterocycles. The maximum Gasteiger partial charge on any atom is 0.221 e. The second kappa shape index (κ2) is 6.30. The summed E-state index contributed by atoms with van der Waals surface area (Å²) in [5.41, 5.74) is 0. The quantitative estimate of drug-likeness (QED) is 0.699. The monoisotopic (exact) mass is 256 g/mol. The van der Waals surface area contributed by atoms with Crippen LogP contribution >= 0.6 is 12.4 Å². The van der Waals surface area contributed by atoms with Gasteiger partial charge in [-0.2, -0.15) is 0 Å². The summed E-state index contributed by atoms with van der Waals surface area (Å²) in [7, 11) is -3.03. The molecule has 15 heavy (non-hydrogen) atoms. The summed E-state index contributed by atoms with van der Waals surface area (Å²) in [6.45, 7) is 1.70. The Morgan fingerprint density at radius 1 is 1.53 bits per heavy atom. The molecule has 0 unspecified atom stereocenters. The Kier molecular flexibility index (Phi) is 6.16. The second-order valence-electron chi connectivity index (χ2n) is 3.64. The van der Waals surface area contributed by atoms with Gasteiger partial charge in [0.2, 0.25) is 5.91 Å². The van der Waals surface area contributed by atoms with Gasteiger partial charge in [-0.15, -0.1) is 12.4 Å². The number of hydrogen-bond donors (Lipinski definition) is 2. The van der Waals surface area contributed by atoms with Gasteiger partial charge >= 0.3 is 0 Å². The fourth-order valence-corrected chi connectivity index (χ4v) is 1.91. The zero-order valence-corrected chi connectivity index (χ0v) is 10.3. The molecule has 5 nitrogen and oxygen atoms in total. The molecule has 7 heteroatoms. The average molecular weight is 257 g/mol. The van der Waals surface area contributed by atoms with Gasteiger partial charge in [0, 0.05) is 25.3 Å². The summed E-state index contributed by atoms with van der Waals surface area (Å²) >= 11 is 0. The molecular weight excluding hydrogens is 240 g/mol. The first-order valence-corrected chi connectivity index (χ1v) is 6.71. The first-order valence-electron chi connectivity index (χ1n) is 4.65. The SMILES string of the molecule is CS(=O)(=O)CCC(=O)N[C@H]1CCNC1.Cl. The molecule has 0 bridgehead atoms. The lowest BCUT2D eigenvalue weighted by Crippen LogP contribution is -2.36. The van der Waals surface area contributed by atoms with E-state index in [0.29, 0.717) is 0 Å². The Hall–Kier alpha value is -0.330. The zero-order chi connectivity index (χ0) is 10.6. The summed E-state index contributed by atoms with van der Waals surface area (Å²) in [4.78, 5) is 11.2. The molecule has 0 radical (unpaired) electrons. The maximum absolute atomic E-state index is 11.2. The smallest absolute Gasteiger partial charge is 0.221 e. The van der Waals surface area contributed by atoms with Gasteiger partial charge in [0.1, 0.15) is 9.84 Å². The number of rotatable bonds is 4. The van der Waals surface area contributed by atoms with Crippen molar-refractivity contribution in [2.75, 3.05) is 25.1 Å². The Bertz CT molecular complexity index is 299. The van der Waals surface area contributed by atoms with Crippen LogP contribution < -0.4 is 10.6 Å². The molecule has 0 aromatic rings. The molecule has 0 aromatic heterocycles. The number of carbonyl (C=O) groups excluding carboxylic acids is 1. The minimum atomic E-state index is -3.03. The summed E-state index contributed by atoms with van der Waals surface area (Å²) in [5, 5.41) is 5.90. The van der Waals surface area contributed by atoms with E-state index in [1.165, 1.54) is 0 Å². The Labute approximate surface area is 96.3 Å². The summed E-state index contributed by atoms with van der Waals surface area (Å²) in [6, 6.07) is 0.169. The molecule has 2 N–H and O–H groups in total. The van der Waals surface area contributed by atoms with Crippen molar-refractivity contribution >= 4 is 28.2 Å². The highest BCUT2D eigenvalue weighted by Crippen LogP contribution is 1.98. The van der Waals surface area contributed by atoms with Gasteiger partial charge in [-0.25, -0.2) is 8.42 Å². The van der Waals surface area contributed by atoms with E-state index in [0.717, 1.165) is 25.8 Å². The van der Waals surface area contributed by atoms with E-state index in [4.69, 9.17) is 0 Å². The third kappa shape index (κ3) is 6.70. The van der Waals surface area contributed by atoms with E-state index in [1.54, 1.807) is 0 Å². The molecule has 0 saturated carbocycles. The molecule has 1 saturated heterocycles. The van der Waals surface area contributed by atoms with E-state index < -0.39 is 9.84 Å². The third-order valence-electron chi connectivity index (χ3n) is 2.13. The van der Waals surface area contributed by atoms with E-state index in [-0.39, 0.29) is 36.5 Å². The number of hydrogen-bond acceptors (Lipinski definition) is 4. The highest BCUT2D eigenvalue weighted by Gasteiger charge is 2.17. The number of amides is 1. The van der Waals surface area contributed by atoms with E-state index in [9.17, 15) is 13.2 Å². The lowest BCUT2D eigenvalue weighted by Gasteiger charge is -2.10. The van der Waals surface area contributed by atoms with E-state index in [2.05, 4.69) is 10.6 Å². The van der Waals surface area contributed by atoms with Crippen molar-refractivity contribution in [3.8, 4) is 0 Å². The second-order valence-corrected chi connectivity index (χ2v) is 5.90. The van der Waals surface area contributed by atoms with Crippen molar-refractivity contribution in [2.45, 2.75) is 18.9 Å². The molecule has 1 rings (SSSR count). The normalized spacial score (nSPS) is 20.7. The minimum Gasteiger partial charge on any atom is -0.352 e. The molecule has 1 aliphatic rings. The maximum atomic E-state index is 11.2. The van der Waals surface area contributed by atoms with Crippen LogP contribution in [0.15, 0.2) is 0 Å². The summed E-state index contributed by atoms with van der Waals surface area (Å²) in [5.74, 6) is -0.247. The van der Waals surface area contributed by atoms with Crippen LogP contribution in [0.2, 0.25) is 0 Å². The number of sulfone groups is 1. The van der Waals surface area contributed by atoms with Crippen LogP contribution in [0.1, 0.15) is 12.8 Å². The van der Waals surface area contributed by atoms with Gasteiger partial charge in [0.15, 0.2) is 0 Å². The molecule has 1 fully saturated rings. The predicted molar refractivity (Wildman–Crippen MR) is 61.0 cm³/mol. The van der Waals surface area contributed by atoms with Crippen molar-refractivity contribution in [3.63, 3.8) is 0 Å².